The third-order valence-electron chi connectivity index (χ3n) is 4.10. The standard InChI is InChI=1S/C18H14F3N3O2/c1-17(10-25-17)16-24-23-15(26-16)13-4-2-3-5-14(13)22-12-8-6-11(7-9-12)18(19,20)21/h2-9,22H,10H2,1H3. The van der Waals surface area contributed by atoms with Crippen LogP contribution in [-0.4, -0.2) is 16.8 Å². The molecule has 3 aromatic rings. The summed E-state index contributed by atoms with van der Waals surface area (Å²) in [6.07, 6.45) is -4.36. The zero-order valence-corrected chi connectivity index (χ0v) is 13.7. The summed E-state index contributed by atoms with van der Waals surface area (Å²) in [4.78, 5) is 0. The van der Waals surface area contributed by atoms with E-state index in [0.717, 1.165) is 12.1 Å². The average molecular weight is 361 g/mol. The van der Waals surface area contributed by atoms with Gasteiger partial charge in [-0.15, -0.1) is 10.2 Å². The Kier molecular flexibility index (Phi) is 3.73. The van der Waals surface area contributed by atoms with Crippen molar-refractivity contribution >= 4 is 11.4 Å². The zero-order valence-electron chi connectivity index (χ0n) is 13.7. The highest BCUT2D eigenvalue weighted by Gasteiger charge is 2.46. The minimum absolute atomic E-state index is 0.312. The number of nitrogens with zero attached hydrogens (tertiary/aromatic N) is 2. The molecule has 8 heteroatoms. The average Bonchev–Trinajstić information content (AvgIpc) is 3.17. The maximum atomic E-state index is 12.7. The number of hydrogen-bond donors (Lipinski definition) is 1. The van der Waals surface area contributed by atoms with Crippen LogP contribution in [0.25, 0.3) is 11.5 Å². The summed E-state index contributed by atoms with van der Waals surface area (Å²) in [5.41, 5.74) is 0.582. The molecule has 1 fully saturated rings. The van der Waals surface area contributed by atoms with Crippen LogP contribution in [0.2, 0.25) is 0 Å². The van der Waals surface area contributed by atoms with Crippen molar-refractivity contribution in [2.75, 3.05) is 11.9 Å². The molecule has 2 heterocycles. The zero-order chi connectivity index (χ0) is 18.4. The van der Waals surface area contributed by atoms with Crippen molar-refractivity contribution < 1.29 is 22.3 Å². The van der Waals surface area contributed by atoms with Crippen LogP contribution < -0.4 is 5.32 Å². The van der Waals surface area contributed by atoms with Gasteiger partial charge >= 0.3 is 6.18 Å². The second-order valence-corrected chi connectivity index (χ2v) is 6.18. The van der Waals surface area contributed by atoms with Gasteiger partial charge in [-0.25, -0.2) is 0 Å². The van der Waals surface area contributed by atoms with E-state index >= 15 is 0 Å². The minimum atomic E-state index is -4.36. The van der Waals surface area contributed by atoms with E-state index in [2.05, 4.69) is 15.5 Å². The number of anilines is 2. The van der Waals surface area contributed by atoms with E-state index in [1.165, 1.54) is 12.1 Å². The maximum absolute atomic E-state index is 12.7. The smallest absolute Gasteiger partial charge is 0.416 e. The number of alkyl halides is 3. The van der Waals surface area contributed by atoms with Gasteiger partial charge in [-0.2, -0.15) is 13.2 Å². The second kappa shape index (κ2) is 5.84. The van der Waals surface area contributed by atoms with Gasteiger partial charge in [0.05, 0.1) is 23.4 Å². The van der Waals surface area contributed by atoms with Crippen molar-refractivity contribution in [2.24, 2.45) is 0 Å². The number of benzene rings is 2. The number of nitrogens with one attached hydrogen (secondary N) is 1. The number of ether oxygens (including phenoxy) is 1. The molecule has 0 spiro atoms. The summed E-state index contributed by atoms with van der Waals surface area (Å²) in [6, 6.07) is 12.0. The summed E-state index contributed by atoms with van der Waals surface area (Å²) >= 11 is 0. The number of para-hydroxylation sites is 1. The molecule has 1 atom stereocenters. The molecule has 0 saturated carbocycles. The quantitative estimate of drug-likeness (QED) is 0.680. The van der Waals surface area contributed by atoms with E-state index in [9.17, 15) is 13.2 Å². The molecule has 2 aromatic carbocycles. The summed E-state index contributed by atoms with van der Waals surface area (Å²) in [5, 5.41) is 11.2. The normalized spacial score (nSPS) is 19.4. The largest absolute Gasteiger partial charge is 0.417 e. The number of aromatic nitrogens is 2. The van der Waals surface area contributed by atoms with Gasteiger partial charge in [0, 0.05) is 5.69 Å². The summed E-state index contributed by atoms with van der Waals surface area (Å²) < 4.78 is 49.0. The Balaban J connectivity index is 1.61. The molecule has 4 rings (SSSR count). The van der Waals surface area contributed by atoms with Gasteiger partial charge < -0.3 is 14.5 Å². The van der Waals surface area contributed by atoms with Crippen LogP contribution in [0, 0.1) is 0 Å². The van der Waals surface area contributed by atoms with Crippen LogP contribution in [-0.2, 0) is 16.5 Å². The first-order valence-corrected chi connectivity index (χ1v) is 7.87. The van der Waals surface area contributed by atoms with Crippen LogP contribution in [0.1, 0.15) is 18.4 Å². The summed E-state index contributed by atoms with van der Waals surface area (Å²) in [5.74, 6) is 0.712. The number of epoxide rings is 1. The van der Waals surface area contributed by atoms with Gasteiger partial charge in [0.2, 0.25) is 5.89 Å². The molecule has 0 bridgehead atoms. The molecule has 1 aliphatic heterocycles. The molecule has 1 aliphatic rings. The highest BCUT2D eigenvalue weighted by molar-refractivity contribution is 5.76. The van der Waals surface area contributed by atoms with Crippen molar-refractivity contribution in [3.8, 4) is 11.5 Å². The van der Waals surface area contributed by atoms with Crippen molar-refractivity contribution in [1.82, 2.24) is 10.2 Å². The lowest BCUT2D eigenvalue weighted by molar-refractivity contribution is -0.137. The number of rotatable bonds is 4. The van der Waals surface area contributed by atoms with Crippen molar-refractivity contribution in [3.63, 3.8) is 0 Å². The first-order chi connectivity index (χ1) is 12.4. The Morgan fingerprint density at radius 3 is 2.38 bits per heavy atom. The molecular formula is C18H14F3N3O2. The topological polar surface area (TPSA) is 63.5 Å². The van der Waals surface area contributed by atoms with Crippen LogP contribution in [0.5, 0.6) is 0 Å². The molecule has 134 valence electrons. The number of halogens is 3. The van der Waals surface area contributed by atoms with Gasteiger partial charge in [-0.3, -0.25) is 0 Å². The van der Waals surface area contributed by atoms with Crippen molar-refractivity contribution in [2.45, 2.75) is 18.7 Å². The molecule has 1 N–H and O–H groups in total. The molecule has 5 nitrogen and oxygen atoms in total. The Labute approximate surface area is 146 Å². The van der Waals surface area contributed by atoms with Gasteiger partial charge in [0.25, 0.3) is 5.89 Å². The van der Waals surface area contributed by atoms with Crippen molar-refractivity contribution in [1.29, 1.82) is 0 Å². The third kappa shape index (κ3) is 3.15. The molecule has 26 heavy (non-hydrogen) atoms. The Morgan fingerprint density at radius 2 is 1.73 bits per heavy atom. The Bertz CT molecular complexity index is 931. The van der Waals surface area contributed by atoms with E-state index in [0.29, 0.717) is 35.3 Å². The van der Waals surface area contributed by atoms with Crippen LogP contribution in [0.4, 0.5) is 24.5 Å². The van der Waals surface area contributed by atoms with E-state index in [1.807, 2.05) is 13.0 Å². The third-order valence-corrected chi connectivity index (χ3v) is 4.10. The fourth-order valence-corrected chi connectivity index (χ4v) is 2.45. The highest BCUT2D eigenvalue weighted by Crippen LogP contribution is 2.39. The minimum Gasteiger partial charge on any atom is -0.417 e. The fourth-order valence-electron chi connectivity index (χ4n) is 2.45. The summed E-state index contributed by atoms with van der Waals surface area (Å²) in [6.45, 7) is 2.39. The van der Waals surface area contributed by atoms with E-state index in [4.69, 9.17) is 9.15 Å². The van der Waals surface area contributed by atoms with E-state index in [1.54, 1.807) is 18.2 Å². The van der Waals surface area contributed by atoms with Crippen LogP contribution in [0.15, 0.2) is 52.9 Å². The SMILES string of the molecule is CC1(c2nnc(-c3ccccc3Nc3ccc(C(F)(F)F)cc3)o2)CO1. The molecule has 0 radical (unpaired) electrons. The first-order valence-electron chi connectivity index (χ1n) is 7.87. The molecule has 1 saturated heterocycles. The van der Waals surface area contributed by atoms with Gasteiger partial charge in [0.1, 0.15) is 0 Å². The fraction of sp³-hybridized carbons (Fsp3) is 0.222. The van der Waals surface area contributed by atoms with Gasteiger partial charge in [0.15, 0.2) is 5.60 Å². The van der Waals surface area contributed by atoms with Gasteiger partial charge in [-0.1, -0.05) is 12.1 Å². The first kappa shape index (κ1) is 16.6. The number of hydrogen-bond acceptors (Lipinski definition) is 5. The van der Waals surface area contributed by atoms with Crippen LogP contribution in [0.3, 0.4) is 0 Å². The lowest BCUT2D eigenvalue weighted by Crippen LogP contribution is -2.04. The molecular weight excluding hydrogens is 347 g/mol. The predicted molar refractivity (Wildman–Crippen MR) is 87.8 cm³/mol. The highest BCUT2D eigenvalue weighted by atomic mass is 19.4. The second-order valence-electron chi connectivity index (χ2n) is 6.18. The Hall–Kier alpha value is -2.87. The van der Waals surface area contributed by atoms with E-state index in [-0.39, 0.29) is 0 Å². The van der Waals surface area contributed by atoms with Crippen LogP contribution >= 0.6 is 0 Å². The lowest BCUT2D eigenvalue weighted by Gasteiger charge is -2.11. The maximum Gasteiger partial charge on any atom is 0.416 e. The van der Waals surface area contributed by atoms with Gasteiger partial charge in [-0.05, 0) is 43.3 Å². The van der Waals surface area contributed by atoms with E-state index < -0.39 is 17.3 Å². The molecule has 0 amide bonds. The molecule has 1 unspecified atom stereocenters. The van der Waals surface area contributed by atoms with Crippen molar-refractivity contribution in [3.05, 3.63) is 60.0 Å². The Morgan fingerprint density at radius 1 is 1.04 bits per heavy atom. The monoisotopic (exact) mass is 361 g/mol. The molecule has 0 aliphatic carbocycles. The summed E-state index contributed by atoms with van der Waals surface area (Å²) in [7, 11) is 0. The lowest BCUT2D eigenvalue weighted by atomic mass is 10.1. The predicted octanol–water partition coefficient (Wildman–Crippen LogP) is 4.74. The molecule has 1 aromatic heterocycles.